The smallest absolute Gasteiger partial charge is 0.168 e. The first kappa shape index (κ1) is 20.5. The van der Waals surface area contributed by atoms with Gasteiger partial charge in [-0.1, -0.05) is 6.42 Å². The van der Waals surface area contributed by atoms with Crippen LogP contribution < -0.4 is 18.9 Å². The highest BCUT2D eigenvalue weighted by Crippen LogP contribution is 2.54. The molecule has 2 aliphatic carbocycles. The summed E-state index contributed by atoms with van der Waals surface area (Å²) in [6, 6.07) is 6.84. The molecule has 0 saturated heterocycles. The van der Waals surface area contributed by atoms with Gasteiger partial charge >= 0.3 is 0 Å². The van der Waals surface area contributed by atoms with Gasteiger partial charge < -0.3 is 18.9 Å². The molecule has 0 spiro atoms. The second-order valence-electron chi connectivity index (χ2n) is 9.05. The Morgan fingerprint density at radius 3 is 2.26 bits per heavy atom. The van der Waals surface area contributed by atoms with Gasteiger partial charge in [0.2, 0.25) is 0 Å². The van der Waals surface area contributed by atoms with Gasteiger partial charge in [-0.2, -0.15) is 0 Å². The van der Waals surface area contributed by atoms with Gasteiger partial charge in [-0.15, -0.1) is 0 Å². The van der Waals surface area contributed by atoms with E-state index >= 15 is 0 Å². The largest absolute Gasteiger partial charge is 0.493 e. The topological polar surface area (TPSA) is 40.2 Å². The second-order valence-corrected chi connectivity index (χ2v) is 9.05. The molecule has 0 unspecified atom stereocenters. The fraction of sp³-hybridized carbons (Fsp3) is 0.538. The van der Waals surface area contributed by atoms with Gasteiger partial charge in [-0.05, 0) is 86.0 Å². The van der Waals surface area contributed by atoms with E-state index < -0.39 is 0 Å². The van der Waals surface area contributed by atoms with Crippen molar-refractivity contribution in [1.82, 2.24) is 4.90 Å². The van der Waals surface area contributed by atoms with E-state index in [2.05, 4.69) is 30.1 Å². The van der Waals surface area contributed by atoms with Crippen molar-refractivity contribution in [1.29, 1.82) is 0 Å². The predicted molar refractivity (Wildman–Crippen MR) is 122 cm³/mol. The summed E-state index contributed by atoms with van der Waals surface area (Å²) >= 11 is 0. The summed E-state index contributed by atoms with van der Waals surface area (Å²) in [6.45, 7) is 1.05. The summed E-state index contributed by atoms with van der Waals surface area (Å²) < 4.78 is 23.9. The molecule has 0 amide bonds. The predicted octanol–water partition coefficient (Wildman–Crippen LogP) is 5.18. The summed E-state index contributed by atoms with van der Waals surface area (Å²) in [5.41, 5.74) is 6.39. The lowest BCUT2D eigenvalue weighted by Crippen LogP contribution is -2.36. The first-order valence-electron chi connectivity index (χ1n) is 11.5. The zero-order valence-electron chi connectivity index (χ0n) is 19.1. The lowest BCUT2D eigenvalue weighted by molar-refractivity contribution is 0.149. The highest BCUT2D eigenvalue weighted by Gasteiger charge is 2.37. The van der Waals surface area contributed by atoms with Crippen molar-refractivity contribution in [2.24, 2.45) is 0 Å². The van der Waals surface area contributed by atoms with Crippen molar-refractivity contribution >= 4 is 0 Å². The van der Waals surface area contributed by atoms with Crippen molar-refractivity contribution in [3.63, 3.8) is 0 Å². The van der Waals surface area contributed by atoms with Gasteiger partial charge in [-0.3, -0.25) is 4.90 Å². The van der Waals surface area contributed by atoms with Crippen molar-refractivity contribution in [2.75, 3.05) is 34.9 Å². The molecule has 2 aromatic rings. The van der Waals surface area contributed by atoms with Gasteiger partial charge in [0.15, 0.2) is 23.0 Å². The summed E-state index contributed by atoms with van der Waals surface area (Å²) in [5.74, 6) is 3.28. The first-order valence-corrected chi connectivity index (χ1v) is 11.5. The summed E-state index contributed by atoms with van der Waals surface area (Å²) in [6.07, 6.45) is 8.33. The molecule has 1 heterocycles. The van der Waals surface area contributed by atoms with Crippen LogP contribution in [0.25, 0.3) is 11.1 Å². The quantitative estimate of drug-likeness (QED) is 0.663. The highest BCUT2D eigenvalue weighted by molar-refractivity contribution is 5.85. The Balaban J connectivity index is 1.71. The molecule has 2 aromatic carbocycles. The fourth-order valence-corrected chi connectivity index (χ4v) is 5.68. The Hall–Kier alpha value is -2.40. The number of benzene rings is 2. The molecule has 0 aromatic heterocycles. The zero-order chi connectivity index (χ0) is 21.5. The molecule has 0 N–H and O–H groups in total. The molecule has 5 nitrogen and oxygen atoms in total. The molecule has 1 aliphatic heterocycles. The molecule has 0 bridgehead atoms. The highest BCUT2D eigenvalue weighted by atomic mass is 16.5. The van der Waals surface area contributed by atoms with E-state index in [9.17, 15) is 0 Å². The van der Waals surface area contributed by atoms with Gasteiger partial charge in [-0.25, -0.2) is 0 Å². The van der Waals surface area contributed by atoms with Crippen LogP contribution in [0.15, 0.2) is 18.2 Å². The van der Waals surface area contributed by atoms with Crippen molar-refractivity contribution in [3.05, 3.63) is 34.9 Å². The standard InChI is InChI=1S/C26H33NO4/c1-27-11-10-16-13-23(31-18-8-6-5-7-9-18)26(30-4)25-19-15-22(29-3)21(28-2)14-17(19)12-20(27)24(16)25/h13-15,18,20H,5-12H2,1-4H3/t20-/m0/s1. The number of hydrogen-bond donors (Lipinski definition) is 0. The molecule has 3 aliphatic rings. The van der Waals surface area contributed by atoms with Crippen LogP contribution in [-0.4, -0.2) is 45.9 Å². The fourth-order valence-electron chi connectivity index (χ4n) is 5.68. The molecular weight excluding hydrogens is 390 g/mol. The maximum Gasteiger partial charge on any atom is 0.168 e. The van der Waals surface area contributed by atoms with E-state index in [1.54, 1.807) is 21.3 Å². The van der Waals surface area contributed by atoms with Crippen LogP contribution in [0.1, 0.15) is 54.8 Å². The van der Waals surface area contributed by atoms with Crippen molar-refractivity contribution in [3.8, 4) is 34.1 Å². The van der Waals surface area contributed by atoms with Crippen molar-refractivity contribution in [2.45, 2.75) is 57.1 Å². The van der Waals surface area contributed by atoms with Crippen LogP contribution in [0.5, 0.6) is 23.0 Å². The van der Waals surface area contributed by atoms with E-state index in [-0.39, 0.29) is 6.10 Å². The Labute approximate surface area is 185 Å². The third-order valence-corrected chi connectivity index (χ3v) is 7.31. The van der Waals surface area contributed by atoms with Crippen molar-refractivity contribution < 1.29 is 18.9 Å². The lowest BCUT2D eigenvalue weighted by Gasteiger charge is -2.41. The molecule has 1 atom stereocenters. The van der Waals surface area contributed by atoms with Crippen LogP contribution in [0.3, 0.4) is 0 Å². The number of likely N-dealkylation sites (N-methyl/N-ethyl adjacent to an activating group) is 1. The monoisotopic (exact) mass is 423 g/mol. The van der Waals surface area contributed by atoms with Crippen LogP contribution >= 0.6 is 0 Å². The van der Waals surface area contributed by atoms with E-state index in [0.29, 0.717) is 6.04 Å². The van der Waals surface area contributed by atoms with Crippen LogP contribution in [-0.2, 0) is 12.8 Å². The van der Waals surface area contributed by atoms with Crippen LogP contribution in [0.4, 0.5) is 0 Å². The van der Waals surface area contributed by atoms with Crippen LogP contribution in [0.2, 0.25) is 0 Å². The average Bonchev–Trinajstić information content (AvgIpc) is 2.80. The first-order chi connectivity index (χ1) is 15.1. The van der Waals surface area contributed by atoms with Gasteiger partial charge in [0, 0.05) is 18.2 Å². The maximum atomic E-state index is 6.59. The summed E-state index contributed by atoms with van der Waals surface area (Å²) in [4.78, 5) is 2.46. The Bertz CT molecular complexity index is 980. The summed E-state index contributed by atoms with van der Waals surface area (Å²) in [7, 11) is 7.38. The number of methoxy groups -OCH3 is 3. The normalized spacial score (nSPS) is 20.6. The number of hydrogen-bond acceptors (Lipinski definition) is 5. The lowest BCUT2D eigenvalue weighted by atomic mass is 9.76. The summed E-state index contributed by atoms with van der Waals surface area (Å²) in [5, 5.41) is 0. The Kier molecular flexibility index (Phi) is 5.47. The third kappa shape index (κ3) is 3.43. The van der Waals surface area contributed by atoms with E-state index in [0.717, 1.165) is 55.2 Å². The Morgan fingerprint density at radius 1 is 0.839 bits per heavy atom. The number of fused-ring (bicyclic) bond motifs is 2. The van der Waals surface area contributed by atoms with Crippen LogP contribution in [0, 0.1) is 0 Å². The minimum Gasteiger partial charge on any atom is -0.493 e. The molecule has 1 fully saturated rings. The van der Waals surface area contributed by atoms with Gasteiger partial charge in [0.05, 0.1) is 27.4 Å². The minimum absolute atomic E-state index is 0.281. The van der Waals surface area contributed by atoms with E-state index in [1.165, 1.54) is 47.1 Å². The molecular formula is C26H33NO4. The molecule has 31 heavy (non-hydrogen) atoms. The number of nitrogens with zero attached hydrogens (tertiary/aromatic N) is 1. The second kappa shape index (κ2) is 8.27. The maximum absolute atomic E-state index is 6.59. The molecule has 1 saturated carbocycles. The molecule has 5 heteroatoms. The molecule has 166 valence electrons. The Morgan fingerprint density at radius 2 is 1.55 bits per heavy atom. The zero-order valence-corrected chi connectivity index (χ0v) is 19.1. The molecule has 5 rings (SSSR count). The van der Waals surface area contributed by atoms with E-state index in [4.69, 9.17) is 18.9 Å². The van der Waals surface area contributed by atoms with Gasteiger partial charge in [0.25, 0.3) is 0 Å². The van der Waals surface area contributed by atoms with E-state index in [1.807, 2.05) is 0 Å². The molecule has 0 radical (unpaired) electrons. The third-order valence-electron chi connectivity index (χ3n) is 7.31. The van der Waals surface area contributed by atoms with Gasteiger partial charge in [0.1, 0.15) is 0 Å². The number of ether oxygens (including phenoxy) is 4. The average molecular weight is 424 g/mol. The minimum atomic E-state index is 0.281. The number of rotatable bonds is 5. The SMILES string of the molecule is COc1cc2c(cc1OC)-c1c(OC)c(OC3CCCCC3)cc3c1[C@H](C2)N(C)CC3.